The summed E-state index contributed by atoms with van der Waals surface area (Å²) in [5, 5.41) is 12.6. The molecule has 0 bridgehead atoms. The molecule has 17 heavy (non-hydrogen) atoms. The van der Waals surface area contributed by atoms with Crippen molar-refractivity contribution in [1.82, 2.24) is 5.32 Å². The van der Waals surface area contributed by atoms with Crippen molar-refractivity contribution in [2.75, 3.05) is 6.61 Å². The molecule has 4 heteroatoms. The van der Waals surface area contributed by atoms with Gasteiger partial charge in [0, 0.05) is 17.6 Å². The molecule has 0 heterocycles. The molecule has 94 valence electrons. The zero-order chi connectivity index (χ0) is 12.3. The molecule has 2 rings (SSSR count). The van der Waals surface area contributed by atoms with E-state index < -0.39 is 11.6 Å². The molecule has 2 nitrogen and oxygen atoms in total. The van der Waals surface area contributed by atoms with Crippen LogP contribution in [0.3, 0.4) is 0 Å². The first-order chi connectivity index (χ1) is 8.17. The van der Waals surface area contributed by atoms with Crippen LogP contribution < -0.4 is 5.32 Å². The van der Waals surface area contributed by atoms with E-state index >= 15 is 0 Å². The Kier molecular flexibility index (Phi) is 3.74. The number of aliphatic hydroxyl groups excluding tert-OH is 1. The smallest absolute Gasteiger partial charge is 0.163 e. The summed E-state index contributed by atoms with van der Waals surface area (Å²) in [4.78, 5) is 0. The molecule has 1 saturated carbocycles. The van der Waals surface area contributed by atoms with Crippen LogP contribution in [0.2, 0.25) is 0 Å². The topological polar surface area (TPSA) is 32.3 Å². The number of halogens is 2. The second kappa shape index (κ2) is 5.10. The van der Waals surface area contributed by atoms with Crippen LogP contribution >= 0.6 is 0 Å². The Labute approximate surface area is 99.7 Å². The number of hydrogen-bond donors (Lipinski definition) is 2. The van der Waals surface area contributed by atoms with Crippen LogP contribution in [0.1, 0.15) is 31.2 Å². The molecule has 0 atom stereocenters. The zero-order valence-electron chi connectivity index (χ0n) is 9.68. The Morgan fingerprint density at radius 1 is 1.24 bits per heavy atom. The van der Waals surface area contributed by atoms with Gasteiger partial charge in [0.2, 0.25) is 0 Å². The molecular formula is C13H17F2NO. The van der Waals surface area contributed by atoms with Gasteiger partial charge in [-0.05, 0) is 18.9 Å². The first-order valence-electron chi connectivity index (χ1n) is 5.96. The number of hydrogen-bond acceptors (Lipinski definition) is 2. The summed E-state index contributed by atoms with van der Waals surface area (Å²) in [6.45, 7) is 0.300. The van der Waals surface area contributed by atoms with Gasteiger partial charge in [0.05, 0.1) is 6.61 Å². The first-order valence-corrected chi connectivity index (χ1v) is 5.96. The zero-order valence-corrected chi connectivity index (χ0v) is 9.68. The van der Waals surface area contributed by atoms with Gasteiger partial charge in [-0.3, -0.25) is 0 Å². The summed E-state index contributed by atoms with van der Waals surface area (Å²) in [5.74, 6) is -1.63. The molecule has 0 radical (unpaired) electrons. The highest BCUT2D eigenvalue weighted by Gasteiger charge is 2.32. The predicted molar refractivity (Wildman–Crippen MR) is 61.5 cm³/mol. The first kappa shape index (κ1) is 12.5. The van der Waals surface area contributed by atoms with Gasteiger partial charge < -0.3 is 10.4 Å². The van der Waals surface area contributed by atoms with Gasteiger partial charge in [-0.2, -0.15) is 0 Å². The van der Waals surface area contributed by atoms with Crippen LogP contribution in [0.15, 0.2) is 18.2 Å². The minimum Gasteiger partial charge on any atom is -0.394 e. The maximum Gasteiger partial charge on any atom is 0.163 e. The number of rotatable bonds is 4. The monoisotopic (exact) mass is 241 g/mol. The van der Waals surface area contributed by atoms with Crippen molar-refractivity contribution in [1.29, 1.82) is 0 Å². The average molecular weight is 241 g/mol. The van der Waals surface area contributed by atoms with Gasteiger partial charge in [-0.15, -0.1) is 0 Å². The van der Waals surface area contributed by atoms with Crippen LogP contribution in [-0.4, -0.2) is 17.3 Å². The Hall–Kier alpha value is -1.00. The number of nitrogens with one attached hydrogen (secondary N) is 1. The Bertz CT molecular complexity index is 389. The lowest BCUT2D eigenvalue weighted by Crippen LogP contribution is -2.45. The fraction of sp³-hybridized carbons (Fsp3) is 0.538. The van der Waals surface area contributed by atoms with Crippen molar-refractivity contribution >= 4 is 0 Å². The SMILES string of the molecule is OCC1(NCc2cccc(F)c2F)CCCC1. The quantitative estimate of drug-likeness (QED) is 0.848. The van der Waals surface area contributed by atoms with Crippen LogP contribution in [-0.2, 0) is 6.54 Å². The largest absolute Gasteiger partial charge is 0.394 e. The van der Waals surface area contributed by atoms with Crippen molar-refractivity contribution in [3.63, 3.8) is 0 Å². The standard InChI is InChI=1S/C13H17F2NO/c14-11-5-3-4-10(12(11)15)8-16-13(9-17)6-1-2-7-13/h3-5,16-17H,1-2,6-9H2. The van der Waals surface area contributed by atoms with Crippen molar-refractivity contribution in [2.24, 2.45) is 0 Å². The minimum atomic E-state index is -0.825. The molecule has 2 N–H and O–H groups in total. The van der Waals surface area contributed by atoms with Gasteiger partial charge in [0.1, 0.15) is 0 Å². The molecule has 0 saturated heterocycles. The summed E-state index contributed by atoms with van der Waals surface area (Å²) in [6.07, 6.45) is 3.92. The van der Waals surface area contributed by atoms with Crippen LogP contribution in [0.5, 0.6) is 0 Å². The van der Waals surface area contributed by atoms with Crippen LogP contribution in [0.4, 0.5) is 8.78 Å². The van der Waals surface area contributed by atoms with E-state index in [1.54, 1.807) is 6.07 Å². The van der Waals surface area contributed by atoms with Crippen LogP contribution in [0, 0.1) is 11.6 Å². The van der Waals surface area contributed by atoms with Crippen molar-refractivity contribution < 1.29 is 13.9 Å². The lowest BCUT2D eigenvalue weighted by molar-refractivity contribution is 0.162. The van der Waals surface area contributed by atoms with Crippen molar-refractivity contribution in [3.8, 4) is 0 Å². The number of benzene rings is 1. The van der Waals surface area contributed by atoms with E-state index in [0.29, 0.717) is 5.56 Å². The third-order valence-electron chi connectivity index (χ3n) is 3.55. The summed E-state index contributed by atoms with van der Waals surface area (Å²) in [5.41, 5.74) is 0.00314. The van der Waals surface area contributed by atoms with Gasteiger partial charge in [-0.1, -0.05) is 25.0 Å². The third kappa shape index (κ3) is 2.64. The summed E-state index contributed by atoms with van der Waals surface area (Å²) in [6, 6.07) is 4.16. The van der Waals surface area contributed by atoms with Gasteiger partial charge in [0.15, 0.2) is 11.6 Å². The fourth-order valence-electron chi connectivity index (χ4n) is 2.41. The highest BCUT2D eigenvalue weighted by atomic mass is 19.2. The Morgan fingerprint density at radius 3 is 2.59 bits per heavy atom. The molecule has 1 aromatic rings. The molecule has 1 fully saturated rings. The maximum atomic E-state index is 13.4. The summed E-state index contributed by atoms with van der Waals surface area (Å²) in [7, 11) is 0. The molecule has 0 aliphatic heterocycles. The highest BCUT2D eigenvalue weighted by molar-refractivity contribution is 5.19. The van der Waals surface area contributed by atoms with Gasteiger partial charge >= 0.3 is 0 Å². The molecule has 0 spiro atoms. The third-order valence-corrected chi connectivity index (χ3v) is 3.55. The second-order valence-electron chi connectivity index (χ2n) is 4.71. The Balaban J connectivity index is 2.04. The van der Waals surface area contributed by atoms with E-state index in [4.69, 9.17) is 0 Å². The normalized spacial score (nSPS) is 18.5. The molecule has 1 aliphatic carbocycles. The maximum absolute atomic E-state index is 13.4. The molecule has 1 aliphatic rings. The van der Waals surface area contributed by atoms with Crippen molar-refractivity contribution in [2.45, 2.75) is 37.8 Å². The highest BCUT2D eigenvalue weighted by Crippen LogP contribution is 2.29. The van der Waals surface area contributed by atoms with E-state index in [2.05, 4.69) is 5.32 Å². The van der Waals surface area contributed by atoms with E-state index in [9.17, 15) is 13.9 Å². The second-order valence-corrected chi connectivity index (χ2v) is 4.71. The molecule has 1 aromatic carbocycles. The van der Waals surface area contributed by atoms with Gasteiger partial charge in [0.25, 0.3) is 0 Å². The van der Waals surface area contributed by atoms with E-state index in [1.165, 1.54) is 6.07 Å². The summed E-state index contributed by atoms with van der Waals surface area (Å²) >= 11 is 0. The van der Waals surface area contributed by atoms with Gasteiger partial charge in [-0.25, -0.2) is 8.78 Å². The summed E-state index contributed by atoms with van der Waals surface area (Å²) < 4.78 is 26.4. The van der Waals surface area contributed by atoms with E-state index in [1.807, 2.05) is 0 Å². The molecule has 0 unspecified atom stereocenters. The fourth-order valence-corrected chi connectivity index (χ4v) is 2.41. The minimum absolute atomic E-state index is 0.0456. The van der Waals surface area contributed by atoms with Crippen molar-refractivity contribution in [3.05, 3.63) is 35.4 Å². The van der Waals surface area contributed by atoms with E-state index in [0.717, 1.165) is 31.7 Å². The predicted octanol–water partition coefficient (Wildman–Crippen LogP) is 2.36. The van der Waals surface area contributed by atoms with Crippen LogP contribution in [0.25, 0.3) is 0 Å². The average Bonchev–Trinajstić information content (AvgIpc) is 2.81. The Morgan fingerprint density at radius 2 is 1.94 bits per heavy atom. The molecule has 0 amide bonds. The lowest BCUT2D eigenvalue weighted by atomic mass is 9.98. The molecule has 0 aromatic heterocycles. The lowest BCUT2D eigenvalue weighted by Gasteiger charge is -2.28. The number of aliphatic hydroxyl groups is 1. The molecular weight excluding hydrogens is 224 g/mol. The van der Waals surface area contributed by atoms with E-state index in [-0.39, 0.29) is 18.7 Å².